The van der Waals surface area contributed by atoms with Crippen molar-refractivity contribution in [2.45, 2.75) is 391 Å². The summed E-state index contributed by atoms with van der Waals surface area (Å²) in [5.41, 5.74) is 0.500. The second-order valence-corrected chi connectivity index (χ2v) is 41.0. The van der Waals surface area contributed by atoms with E-state index < -0.39 is 7.92 Å². The molecule has 11 nitrogen and oxygen atoms in total. The largest absolute Gasteiger partial charge is 0.466 e. The molecule has 0 amide bonds. The SMILES string of the molecule is CC(C)CCC(CCC1OC(=O)CCCCCCCP(C(=O)CCCN(C)C)CCCCCCCC(=O)OCCCC(CCC(C)CCC(C)C(CCC(C)C)CCC2OC(=O)CCCCCCCP(CCCCN(C)C)CCCCCCCC(=O)OCCCC(CCC(C)C)C2C)C1C)C(C)C. The zero-order valence-electron chi connectivity index (χ0n) is 70.9. The van der Waals surface area contributed by atoms with E-state index in [4.69, 9.17) is 18.9 Å². The molecular formula is C90H172N2O9P2. The minimum absolute atomic E-state index is 0.0132. The van der Waals surface area contributed by atoms with Crippen molar-refractivity contribution in [3.63, 3.8) is 0 Å². The molecule has 0 aromatic rings. The van der Waals surface area contributed by atoms with Gasteiger partial charge in [0.1, 0.15) is 12.2 Å². The fourth-order valence-corrected chi connectivity index (χ4v) is 21.5. The first kappa shape index (κ1) is 97.4. The van der Waals surface area contributed by atoms with Gasteiger partial charge in [-0.2, -0.15) is 0 Å². The van der Waals surface area contributed by atoms with Gasteiger partial charge in [-0.3, -0.25) is 24.0 Å². The van der Waals surface area contributed by atoms with Crippen LogP contribution in [-0.4, -0.2) is 137 Å². The van der Waals surface area contributed by atoms with Crippen LogP contribution in [0.2, 0.25) is 0 Å². The van der Waals surface area contributed by atoms with Crippen LogP contribution in [0.5, 0.6) is 0 Å². The smallest absolute Gasteiger partial charge is 0.306 e. The van der Waals surface area contributed by atoms with Crippen LogP contribution in [0, 0.1) is 71.0 Å². The zero-order valence-corrected chi connectivity index (χ0v) is 72.7. The quantitative estimate of drug-likeness (QED) is 0.0270. The van der Waals surface area contributed by atoms with Gasteiger partial charge in [0.25, 0.3) is 0 Å². The van der Waals surface area contributed by atoms with Gasteiger partial charge in [-0.15, -0.1) is 7.92 Å². The molecule has 2 fully saturated rings. The molecule has 0 bridgehead atoms. The van der Waals surface area contributed by atoms with Gasteiger partial charge >= 0.3 is 23.9 Å². The highest BCUT2D eigenvalue weighted by Gasteiger charge is 2.33. The van der Waals surface area contributed by atoms with Crippen molar-refractivity contribution in [3.8, 4) is 0 Å². The fourth-order valence-electron chi connectivity index (χ4n) is 16.5. The highest BCUT2D eigenvalue weighted by Crippen LogP contribution is 2.43. The van der Waals surface area contributed by atoms with E-state index >= 15 is 0 Å². The predicted molar refractivity (Wildman–Crippen MR) is 444 cm³/mol. The lowest BCUT2D eigenvalue weighted by molar-refractivity contribution is -0.154. The summed E-state index contributed by atoms with van der Waals surface area (Å²) in [7, 11) is 7.97. The van der Waals surface area contributed by atoms with Gasteiger partial charge < -0.3 is 28.7 Å². The molecular weight excluding hydrogens is 1310 g/mol. The standard InChI is InChI=1S/C90H172N2O9P2/c1-72(2)49-55-80(75(7)8)59-61-84-79(12)83(43-41-66-99-87(94)45-30-22-19-27-36-70-103(90(97)48-39-64-92(15)16)71-37-28-20-24-32-47-88(95)100-84)58-53-76(9)52-54-77(10)81(56-50-73(3)4)60-62-85-78(11)82(57-51-74(5)6)42-40-65-98-86(93)44-29-21-17-25-34-67-102(69-38-33-63-91(13)14)68-35-26-18-23-31-46-89(96)101-85/h72-85H,17-71H2,1-16H3. The van der Waals surface area contributed by atoms with Crippen LogP contribution < -0.4 is 0 Å². The van der Waals surface area contributed by atoms with Gasteiger partial charge in [0.05, 0.1) is 13.2 Å². The van der Waals surface area contributed by atoms with Gasteiger partial charge in [-0.25, -0.2) is 0 Å². The summed E-state index contributed by atoms with van der Waals surface area (Å²) in [5, 5.41) is 0. The number of carbonyl (C=O) groups is 5. The van der Waals surface area contributed by atoms with Gasteiger partial charge in [-0.05, 0) is 299 Å². The van der Waals surface area contributed by atoms with E-state index in [0.717, 1.165) is 199 Å². The van der Waals surface area contributed by atoms with E-state index in [1.165, 1.54) is 109 Å². The second kappa shape index (κ2) is 62.0. The molecule has 2 saturated heterocycles. The van der Waals surface area contributed by atoms with Gasteiger partial charge in [0, 0.05) is 32.1 Å². The topological polar surface area (TPSA) is 129 Å². The number of unbranched alkanes of at least 4 members (excludes halogenated alkanes) is 1. The highest BCUT2D eigenvalue weighted by atomic mass is 31.1. The molecule has 606 valence electrons. The molecule has 0 radical (unpaired) electrons. The molecule has 0 spiro atoms. The van der Waals surface area contributed by atoms with Crippen molar-refractivity contribution in [1.29, 1.82) is 0 Å². The fraction of sp³-hybridized carbons (Fsp3) is 0.944. The Morgan fingerprint density at radius 1 is 0.408 bits per heavy atom. The predicted octanol–water partition coefficient (Wildman–Crippen LogP) is 25.1. The van der Waals surface area contributed by atoms with Crippen LogP contribution in [0.4, 0.5) is 0 Å². The third-order valence-electron chi connectivity index (χ3n) is 24.1. The number of nitrogens with zero attached hydrogens (tertiary/aromatic N) is 2. The maximum absolute atomic E-state index is 14.2. The molecule has 0 aromatic heterocycles. The van der Waals surface area contributed by atoms with Crippen LogP contribution in [0.25, 0.3) is 0 Å². The number of cyclic esters (lactones) is 4. The molecule has 2 rings (SSSR count). The number of esters is 4. The lowest BCUT2D eigenvalue weighted by atomic mass is 9.76. The summed E-state index contributed by atoms with van der Waals surface area (Å²) in [6.45, 7) is 31.5. The molecule has 103 heavy (non-hydrogen) atoms. The van der Waals surface area contributed by atoms with Gasteiger partial charge in [-0.1, -0.05) is 199 Å². The lowest BCUT2D eigenvalue weighted by Crippen LogP contribution is -2.32. The molecule has 2 aliphatic rings. The molecule has 0 N–H and O–H groups in total. The van der Waals surface area contributed by atoms with Crippen molar-refractivity contribution in [2.75, 3.05) is 85.3 Å². The van der Waals surface area contributed by atoms with Crippen LogP contribution in [0.15, 0.2) is 0 Å². The number of ether oxygens (including phenoxy) is 4. The third kappa shape index (κ3) is 52.2. The Morgan fingerprint density at radius 2 is 0.806 bits per heavy atom. The summed E-state index contributed by atoms with van der Waals surface area (Å²) in [4.78, 5) is 72.6. The van der Waals surface area contributed by atoms with Crippen molar-refractivity contribution in [2.24, 2.45) is 71.0 Å². The summed E-state index contributed by atoms with van der Waals surface area (Å²) >= 11 is 0. The minimum Gasteiger partial charge on any atom is -0.466 e. The molecule has 0 aliphatic carbocycles. The third-order valence-corrected chi connectivity index (χ3v) is 29.6. The molecule has 0 saturated carbocycles. The van der Waals surface area contributed by atoms with Crippen LogP contribution in [0.3, 0.4) is 0 Å². The first-order chi connectivity index (χ1) is 49.3. The van der Waals surface area contributed by atoms with Crippen molar-refractivity contribution < 1.29 is 42.9 Å². The Morgan fingerprint density at radius 3 is 1.25 bits per heavy atom. The summed E-state index contributed by atoms with van der Waals surface area (Å²) in [5.74, 6) is 5.49. The van der Waals surface area contributed by atoms with E-state index in [1.807, 2.05) is 0 Å². The van der Waals surface area contributed by atoms with E-state index in [2.05, 4.69) is 121 Å². The monoisotopic (exact) mass is 1490 g/mol. The summed E-state index contributed by atoms with van der Waals surface area (Å²) < 4.78 is 25.5. The van der Waals surface area contributed by atoms with Crippen molar-refractivity contribution in [3.05, 3.63) is 0 Å². The van der Waals surface area contributed by atoms with Crippen LogP contribution in [-0.2, 0) is 42.9 Å². The van der Waals surface area contributed by atoms with E-state index in [9.17, 15) is 24.0 Å². The average Bonchev–Trinajstić information content (AvgIpc) is 0.932. The Balaban J connectivity index is 2.37. The number of hydrogen-bond donors (Lipinski definition) is 0. The maximum atomic E-state index is 14.2. The van der Waals surface area contributed by atoms with Crippen LogP contribution in [0.1, 0.15) is 378 Å². The van der Waals surface area contributed by atoms with Crippen LogP contribution >= 0.6 is 15.8 Å². The van der Waals surface area contributed by atoms with E-state index in [1.54, 1.807) is 0 Å². The highest BCUT2D eigenvalue weighted by molar-refractivity contribution is 7.74. The average molecular weight is 1490 g/mol. The van der Waals surface area contributed by atoms with E-state index in [-0.39, 0.29) is 55.8 Å². The Kier molecular flexibility index (Phi) is 58.7. The molecule has 12 atom stereocenters. The number of carbonyl (C=O) groups excluding carboxylic acids is 5. The Labute approximate surface area is 641 Å². The molecule has 2 aliphatic heterocycles. The second-order valence-electron chi connectivity index (χ2n) is 35.8. The first-order valence-corrected chi connectivity index (χ1v) is 47.9. The van der Waals surface area contributed by atoms with Crippen molar-refractivity contribution in [1.82, 2.24) is 9.80 Å². The minimum atomic E-state index is -0.627. The molecule has 2 heterocycles. The zero-order chi connectivity index (χ0) is 76.0. The number of rotatable bonds is 33. The van der Waals surface area contributed by atoms with E-state index in [0.29, 0.717) is 110 Å². The Bertz CT molecular complexity index is 2090. The first-order valence-electron chi connectivity index (χ1n) is 44.3. The van der Waals surface area contributed by atoms with Gasteiger partial charge in [0.15, 0.2) is 5.52 Å². The normalized spacial score (nSPS) is 25.2. The lowest BCUT2D eigenvalue weighted by Gasteiger charge is -2.34. The maximum Gasteiger partial charge on any atom is 0.306 e. The summed E-state index contributed by atoms with van der Waals surface area (Å²) in [6, 6.07) is 0. The molecule has 0 aromatic carbocycles. The summed E-state index contributed by atoms with van der Waals surface area (Å²) in [6.07, 6.45) is 53.0. The molecule has 12 unspecified atom stereocenters. The Hall–Kier alpha value is -1.67. The molecule has 13 heteroatoms. The van der Waals surface area contributed by atoms with Gasteiger partial charge in [0.2, 0.25) is 0 Å². The van der Waals surface area contributed by atoms with Crippen molar-refractivity contribution >= 4 is 45.2 Å². The number of hydrogen-bond acceptors (Lipinski definition) is 11.